The number of nitrogens with zero attached hydrogens (tertiary/aromatic N) is 3. The second-order valence-corrected chi connectivity index (χ2v) is 8.38. The van der Waals surface area contributed by atoms with Crippen LogP contribution in [-0.4, -0.2) is 27.7 Å². The third-order valence-corrected chi connectivity index (χ3v) is 6.24. The van der Waals surface area contributed by atoms with Gasteiger partial charge in [-0.2, -0.15) is 0 Å². The number of hydrogen-bond acceptors (Lipinski definition) is 6. The van der Waals surface area contributed by atoms with Gasteiger partial charge in [-0.15, -0.1) is 0 Å². The van der Waals surface area contributed by atoms with Crippen molar-refractivity contribution >= 4 is 33.5 Å². The maximum Gasteiger partial charge on any atom is 0.412 e. The van der Waals surface area contributed by atoms with E-state index in [0.717, 1.165) is 50.0 Å². The molecule has 1 amide bonds. The van der Waals surface area contributed by atoms with Crippen LogP contribution >= 0.6 is 11.3 Å². The number of imidazole rings is 1. The van der Waals surface area contributed by atoms with Crippen LogP contribution in [0.4, 0.5) is 9.80 Å². The minimum Gasteiger partial charge on any atom is -0.496 e. The summed E-state index contributed by atoms with van der Waals surface area (Å²) in [4.78, 5) is 21.5. The van der Waals surface area contributed by atoms with Crippen LogP contribution < -0.4 is 10.1 Å². The van der Waals surface area contributed by atoms with E-state index in [0.29, 0.717) is 5.00 Å². The smallest absolute Gasteiger partial charge is 0.412 e. The van der Waals surface area contributed by atoms with Gasteiger partial charge in [-0.05, 0) is 56.2 Å². The SMILES string of the molecule is COc1cc(C)ccc1-c1nc(C)c(NC(=O)OCc2ccc3c(c2)nc(C)n3C)s1. The van der Waals surface area contributed by atoms with Crippen LogP contribution in [-0.2, 0) is 18.4 Å². The van der Waals surface area contributed by atoms with Crippen molar-refractivity contribution in [3.8, 4) is 16.3 Å². The minimum absolute atomic E-state index is 0.161. The summed E-state index contributed by atoms with van der Waals surface area (Å²) < 4.78 is 12.9. The maximum atomic E-state index is 12.4. The van der Waals surface area contributed by atoms with Crippen LogP contribution in [0.25, 0.3) is 21.6 Å². The molecule has 0 spiro atoms. The van der Waals surface area contributed by atoms with Gasteiger partial charge in [0, 0.05) is 7.05 Å². The quantitative estimate of drug-likeness (QED) is 0.454. The topological polar surface area (TPSA) is 78.3 Å². The number of amides is 1. The number of carbonyl (C=O) groups is 1. The van der Waals surface area contributed by atoms with E-state index in [2.05, 4.69) is 15.3 Å². The number of fused-ring (bicyclic) bond motifs is 1. The van der Waals surface area contributed by atoms with Crippen molar-refractivity contribution in [1.82, 2.24) is 14.5 Å². The molecule has 8 heteroatoms. The first kappa shape index (κ1) is 20.9. The van der Waals surface area contributed by atoms with E-state index in [4.69, 9.17) is 9.47 Å². The van der Waals surface area contributed by atoms with Gasteiger partial charge in [-0.1, -0.05) is 23.5 Å². The molecule has 7 nitrogen and oxygen atoms in total. The Morgan fingerprint density at radius 3 is 2.71 bits per heavy atom. The van der Waals surface area contributed by atoms with Gasteiger partial charge >= 0.3 is 6.09 Å². The predicted octanol–water partition coefficient (Wildman–Crippen LogP) is 5.38. The molecule has 0 fully saturated rings. The number of nitrogens with one attached hydrogen (secondary N) is 1. The standard InChI is InChI=1S/C23H24N4O3S/c1-13-6-8-17(20(10-13)29-5)22-24-14(2)21(31-22)26-23(28)30-12-16-7-9-19-18(11-16)25-15(3)27(19)4/h6-11H,12H2,1-5H3,(H,26,28). The number of anilines is 1. The number of ether oxygens (including phenoxy) is 2. The van der Waals surface area contributed by atoms with Crippen molar-refractivity contribution in [3.05, 3.63) is 59.0 Å². The molecule has 0 saturated carbocycles. The van der Waals surface area contributed by atoms with Gasteiger partial charge in [-0.25, -0.2) is 14.8 Å². The zero-order chi connectivity index (χ0) is 22.1. The molecule has 0 aliphatic heterocycles. The monoisotopic (exact) mass is 436 g/mol. The summed E-state index contributed by atoms with van der Waals surface area (Å²) in [6.45, 7) is 5.98. The molecule has 4 aromatic rings. The van der Waals surface area contributed by atoms with E-state index in [-0.39, 0.29) is 6.61 Å². The number of aromatic nitrogens is 3. The largest absolute Gasteiger partial charge is 0.496 e. The van der Waals surface area contributed by atoms with E-state index >= 15 is 0 Å². The zero-order valence-electron chi connectivity index (χ0n) is 18.1. The van der Waals surface area contributed by atoms with Crippen LogP contribution in [0.15, 0.2) is 36.4 Å². The summed E-state index contributed by atoms with van der Waals surface area (Å²) in [6.07, 6.45) is -0.522. The fourth-order valence-electron chi connectivity index (χ4n) is 3.34. The molecule has 31 heavy (non-hydrogen) atoms. The molecule has 0 atom stereocenters. The Balaban J connectivity index is 1.45. The molecule has 1 N–H and O–H groups in total. The van der Waals surface area contributed by atoms with Crippen molar-refractivity contribution in [1.29, 1.82) is 0 Å². The maximum absolute atomic E-state index is 12.4. The number of thiazole rings is 1. The first-order chi connectivity index (χ1) is 14.9. The van der Waals surface area contributed by atoms with Gasteiger partial charge in [0.15, 0.2) is 0 Å². The van der Waals surface area contributed by atoms with Gasteiger partial charge in [0.2, 0.25) is 0 Å². The van der Waals surface area contributed by atoms with E-state index in [1.807, 2.05) is 68.8 Å². The summed E-state index contributed by atoms with van der Waals surface area (Å²) >= 11 is 1.39. The van der Waals surface area contributed by atoms with E-state index in [9.17, 15) is 4.79 Å². The van der Waals surface area contributed by atoms with Gasteiger partial charge in [0.05, 0.1) is 29.4 Å². The van der Waals surface area contributed by atoms with E-state index in [1.54, 1.807) is 7.11 Å². The Bertz CT molecular complexity index is 1280. The third kappa shape index (κ3) is 4.25. The molecule has 0 unspecified atom stereocenters. The number of benzene rings is 2. The Labute approximate surface area is 184 Å². The highest BCUT2D eigenvalue weighted by atomic mass is 32.1. The Kier molecular flexibility index (Phi) is 5.65. The molecule has 0 saturated heterocycles. The van der Waals surface area contributed by atoms with Gasteiger partial charge in [0.1, 0.15) is 28.2 Å². The first-order valence-electron chi connectivity index (χ1n) is 9.84. The molecular formula is C23H24N4O3S. The van der Waals surface area contributed by atoms with E-state index in [1.165, 1.54) is 11.3 Å². The van der Waals surface area contributed by atoms with Crippen molar-refractivity contribution < 1.29 is 14.3 Å². The minimum atomic E-state index is -0.522. The second-order valence-electron chi connectivity index (χ2n) is 7.38. The summed E-state index contributed by atoms with van der Waals surface area (Å²) in [5, 5.41) is 4.23. The van der Waals surface area contributed by atoms with Crippen molar-refractivity contribution in [3.63, 3.8) is 0 Å². The number of aryl methyl sites for hydroxylation is 4. The lowest BCUT2D eigenvalue weighted by Crippen LogP contribution is -2.13. The first-order valence-corrected chi connectivity index (χ1v) is 10.7. The normalized spacial score (nSPS) is 11.0. The lowest BCUT2D eigenvalue weighted by atomic mass is 10.1. The highest BCUT2D eigenvalue weighted by Crippen LogP contribution is 2.37. The van der Waals surface area contributed by atoms with Crippen LogP contribution in [0.1, 0.15) is 22.6 Å². The number of methoxy groups -OCH3 is 1. The number of carbonyl (C=O) groups excluding carboxylic acids is 1. The molecule has 160 valence electrons. The van der Waals surface area contributed by atoms with E-state index < -0.39 is 6.09 Å². The molecule has 0 radical (unpaired) electrons. The summed E-state index contributed by atoms with van der Waals surface area (Å²) in [6, 6.07) is 11.8. The Morgan fingerprint density at radius 2 is 1.94 bits per heavy atom. The third-order valence-electron chi connectivity index (χ3n) is 5.14. The zero-order valence-corrected chi connectivity index (χ0v) is 19.0. The second kappa shape index (κ2) is 8.39. The molecular weight excluding hydrogens is 412 g/mol. The van der Waals surface area contributed by atoms with Crippen LogP contribution in [0.3, 0.4) is 0 Å². The Hall–Kier alpha value is -3.39. The van der Waals surface area contributed by atoms with Crippen LogP contribution in [0.2, 0.25) is 0 Å². The molecule has 2 heterocycles. The molecule has 0 aliphatic rings. The average molecular weight is 437 g/mol. The Morgan fingerprint density at radius 1 is 1.13 bits per heavy atom. The van der Waals surface area contributed by atoms with Gasteiger partial charge < -0.3 is 14.0 Å². The van der Waals surface area contributed by atoms with Gasteiger partial charge in [-0.3, -0.25) is 5.32 Å². The lowest BCUT2D eigenvalue weighted by Gasteiger charge is -2.07. The van der Waals surface area contributed by atoms with Crippen molar-refractivity contribution in [2.24, 2.45) is 7.05 Å². The highest BCUT2D eigenvalue weighted by molar-refractivity contribution is 7.19. The lowest BCUT2D eigenvalue weighted by molar-refractivity contribution is 0.155. The summed E-state index contributed by atoms with van der Waals surface area (Å²) in [7, 11) is 3.62. The van der Waals surface area contributed by atoms with Crippen molar-refractivity contribution in [2.45, 2.75) is 27.4 Å². The van der Waals surface area contributed by atoms with Crippen LogP contribution in [0, 0.1) is 20.8 Å². The summed E-state index contributed by atoms with van der Waals surface area (Å²) in [5.41, 5.74) is 5.54. The van der Waals surface area contributed by atoms with Crippen LogP contribution in [0.5, 0.6) is 5.75 Å². The average Bonchev–Trinajstić information content (AvgIpc) is 3.24. The highest BCUT2D eigenvalue weighted by Gasteiger charge is 2.16. The fourth-order valence-corrected chi connectivity index (χ4v) is 4.32. The molecule has 4 rings (SSSR count). The number of hydrogen-bond donors (Lipinski definition) is 1. The molecule has 0 aliphatic carbocycles. The van der Waals surface area contributed by atoms with Gasteiger partial charge in [0.25, 0.3) is 0 Å². The molecule has 0 bridgehead atoms. The predicted molar refractivity (Wildman–Crippen MR) is 123 cm³/mol. The fraction of sp³-hybridized carbons (Fsp3) is 0.261. The van der Waals surface area contributed by atoms with Crippen molar-refractivity contribution in [2.75, 3.05) is 12.4 Å². The molecule has 2 aromatic carbocycles. The number of rotatable bonds is 5. The molecule has 2 aromatic heterocycles. The summed E-state index contributed by atoms with van der Waals surface area (Å²) in [5.74, 6) is 1.69.